The predicted molar refractivity (Wildman–Crippen MR) is 56.5 cm³/mol. The van der Waals surface area contributed by atoms with Gasteiger partial charge in [0.15, 0.2) is 0 Å². The molecule has 15 heavy (non-hydrogen) atoms. The van der Waals surface area contributed by atoms with E-state index in [1.165, 1.54) is 6.42 Å². The molecule has 0 saturated carbocycles. The van der Waals surface area contributed by atoms with E-state index in [-0.39, 0.29) is 0 Å². The van der Waals surface area contributed by atoms with Gasteiger partial charge in [-0.25, -0.2) is 0 Å². The van der Waals surface area contributed by atoms with Gasteiger partial charge >= 0.3 is 0 Å². The Kier molecular flexibility index (Phi) is 3.69. The number of ether oxygens (including phenoxy) is 1. The summed E-state index contributed by atoms with van der Waals surface area (Å²) in [5.74, 6) is 1.73. The van der Waals surface area contributed by atoms with Crippen molar-refractivity contribution in [3.8, 4) is 0 Å². The Labute approximate surface area is 89.8 Å². The van der Waals surface area contributed by atoms with Gasteiger partial charge in [0.05, 0.1) is 6.61 Å². The molecule has 1 N–H and O–H groups in total. The quantitative estimate of drug-likeness (QED) is 0.694. The van der Waals surface area contributed by atoms with E-state index in [2.05, 4.69) is 15.5 Å². The van der Waals surface area contributed by atoms with Crippen molar-refractivity contribution in [2.75, 3.05) is 26.3 Å². The Morgan fingerprint density at radius 2 is 2.60 bits per heavy atom. The zero-order valence-corrected chi connectivity index (χ0v) is 9.15. The van der Waals surface area contributed by atoms with Crippen LogP contribution in [0.2, 0.25) is 0 Å². The largest absolute Gasteiger partial charge is 0.381 e. The number of hydrogen-bond acceptors (Lipinski definition) is 4. The molecule has 5 heteroatoms. The van der Waals surface area contributed by atoms with Gasteiger partial charge in [-0.1, -0.05) is 0 Å². The molecule has 1 fully saturated rings. The lowest BCUT2D eigenvalue weighted by molar-refractivity contribution is 0.185. The lowest BCUT2D eigenvalue weighted by Crippen LogP contribution is -2.25. The molecule has 1 aliphatic rings. The van der Waals surface area contributed by atoms with Crippen LogP contribution in [-0.2, 0) is 18.2 Å². The van der Waals surface area contributed by atoms with E-state index in [9.17, 15) is 0 Å². The maximum absolute atomic E-state index is 5.31. The van der Waals surface area contributed by atoms with E-state index in [0.717, 1.165) is 38.5 Å². The van der Waals surface area contributed by atoms with E-state index in [0.29, 0.717) is 5.92 Å². The molecule has 0 aromatic carbocycles. The standard InChI is InChI=1S/C10H18N4O/c1-14-8-12-13-10(14)2-4-11-6-9-3-5-15-7-9/h8-9,11H,2-7H2,1H3. The third kappa shape index (κ3) is 3.00. The molecule has 5 nitrogen and oxygen atoms in total. The first-order valence-corrected chi connectivity index (χ1v) is 5.47. The second kappa shape index (κ2) is 5.23. The van der Waals surface area contributed by atoms with Gasteiger partial charge in [0.25, 0.3) is 0 Å². The molecule has 84 valence electrons. The van der Waals surface area contributed by atoms with Crippen LogP contribution in [0, 0.1) is 5.92 Å². The molecular formula is C10H18N4O. The fraction of sp³-hybridized carbons (Fsp3) is 0.800. The van der Waals surface area contributed by atoms with Gasteiger partial charge in [-0.05, 0) is 12.3 Å². The van der Waals surface area contributed by atoms with Crippen molar-refractivity contribution in [2.24, 2.45) is 13.0 Å². The van der Waals surface area contributed by atoms with Crippen LogP contribution in [0.1, 0.15) is 12.2 Å². The molecule has 0 spiro atoms. The highest BCUT2D eigenvalue weighted by atomic mass is 16.5. The van der Waals surface area contributed by atoms with Crippen LogP contribution in [0.3, 0.4) is 0 Å². The van der Waals surface area contributed by atoms with E-state index in [1.807, 2.05) is 11.6 Å². The molecule has 1 atom stereocenters. The minimum absolute atomic E-state index is 0.699. The highest BCUT2D eigenvalue weighted by molar-refractivity contribution is 4.84. The first kappa shape index (κ1) is 10.6. The number of hydrogen-bond donors (Lipinski definition) is 1. The van der Waals surface area contributed by atoms with Crippen molar-refractivity contribution in [3.63, 3.8) is 0 Å². The Bertz CT molecular complexity index is 293. The molecule has 0 radical (unpaired) electrons. The van der Waals surface area contributed by atoms with Gasteiger partial charge in [0, 0.05) is 33.2 Å². The van der Waals surface area contributed by atoms with Crippen molar-refractivity contribution < 1.29 is 4.74 Å². The highest BCUT2D eigenvalue weighted by Crippen LogP contribution is 2.10. The van der Waals surface area contributed by atoms with E-state index >= 15 is 0 Å². The second-order valence-electron chi connectivity index (χ2n) is 4.04. The van der Waals surface area contributed by atoms with E-state index in [4.69, 9.17) is 4.74 Å². The summed E-state index contributed by atoms with van der Waals surface area (Å²) in [5.41, 5.74) is 0. The number of nitrogens with zero attached hydrogens (tertiary/aromatic N) is 3. The predicted octanol–water partition coefficient (Wildman–Crippen LogP) is -0.0163. The van der Waals surface area contributed by atoms with Crippen molar-refractivity contribution in [1.82, 2.24) is 20.1 Å². The molecular weight excluding hydrogens is 192 g/mol. The van der Waals surface area contributed by atoms with Gasteiger partial charge in [-0.15, -0.1) is 10.2 Å². The van der Waals surface area contributed by atoms with Crippen LogP contribution >= 0.6 is 0 Å². The monoisotopic (exact) mass is 210 g/mol. The third-order valence-electron chi connectivity index (χ3n) is 2.79. The molecule has 1 aliphatic heterocycles. The molecule has 1 saturated heterocycles. The van der Waals surface area contributed by atoms with Crippen molar-refractivity contribution in [1.29, 1.82) is 0 Å². The third-order valence-corrected chi connectivity index (χ3v) is 2.79. The van der Waals surface area contributed by atoms with Crippen molar-refractivity contribution in [2.45, 2.75) is 12.8 Å². The van der Waals surface area contributed by atoms with Crippen molar-refractivity contribution in [3.05, 3.63) is 12.2 Å². The molecule has 1 unspecified atom stereocenters. The summed E-state index contributed by atoms with van der Waals surface area (Å²) < 4.78 is 7.27. The van der Waals surface area contributed by atoms with Crippen LogP contribution in [-0.4, -0.2) is 41.1 Å². The first-order valence-electron chi connectivity index (χ1n) is 5.47. The van der Waals surface area contributed by atoms with Gasteiger partial charge in [-0.3, -0.25) is 0 Å². The van der Waals surface area contributed by atoms with Gasteiger partial charge in [0.1, 0.15) is 12.2 Å². The molecule has 1 aromatic rings. The van der Waals surface area contributed by atoms with Crippen molar-refractivity contribution >= 4 is 0 Å². The Hall–Kier alpha value is -0.940. The molecule has 0 amide bonds. The summed E-state index contributed by atoms with van der Waals surface area (Å²) >= 11 is 0. The average Bonchev–Trinajstić information content (AvgIpc) is 2.85. The van der Waals surface area contributed by atoms with E-state index in [1.54, 1.807) is 6.33 Å². The number of rotatable bonds is 5. The van der Waals surface area contributed by atoms with Crippen LogP contribution in [0.4, 0.5) is 0 Å². The van der Waals surface area contributed by atoms with Gasteiger partial charge in [-0.2, -0.15) is 0 Å². The van der Waals surface area contributed by atoms with Crippen LogP contribution in [0.15, 0.2) is 6.33 Å². The molecule has 2 rings (SSSR count). The molecule has 2 heterocycles. The molecule has 0 bridgehead atoms. The Morgan fingerprint density at radius 3 is 3.27 bits per heavy atom. The number of aryl methyl sites for hydroxylation is 1. The fourth-order valence-electron chi connectivity index (χ4n) is 1.78. The van der Waals surface area contributed by atoms with E-state index < -0.39 is 0 Å². The van der Waals surface area contributed by atoms with Gasteiger partial charge in [0.2, 0.25) is 0 Å². The molecule has 0 aliphatic carbocycles. The number of nitrogens with one attached hydrogen (secondary N) is 1. The summed E-state index contributed by atoms with van der Waals surface area (Å²) in [6, 6.07) is 0. The van der Waals surface area contributed by atoms with Crippen LogP contribution in [0.5, 0.6) is 0 Å². The Morgan fingerprint density at radius 1 is 1.67 bits per heavy atom. The lowest BCUT2D eigenvalue weighted by Gasteiger charge is -2.08. The minimum atomic E-state index is 0.699. The highest BCUT2D eigenvalue weighted by Gasteiger charge is 2.14. The fourth-order valence-corrected chi connectivity index (χ4v) is 1.78. The number of aromatic nitrogens is 3. The smallest absolute Gasteiger partial charge is 0.133 e. The Balaban J connectivity index is 1.60. The minimum Gasteiger partial charge on any atom is -0.381 e. The summed E-state index contributed by atoms with van der Waals surface area (Å²) in [6.45, 7) is 3.85. The van der Waals surface area contributed by atoms with Gasteiger partial charge < -0.3 is 14.6 Å². The SMILES string of the molecule is Cn1cnnc1CCNCC1CCOC1. The maximum atomic E-state index is 5.31. The summed E-state index contributed by atoms with van der Waals surface area (Å²) in [7, 11) is 1.97. The summed E-state index contributed by atoms with van der Waals surface area (Å²) in [5, 5.41) is 11.3. The maximum Gasteiger partial charge on any atom is 0.133 e. The van der Waals surface area contributed by atoms with Crippen LogP contribution < -0.4 is 5.32 Å². The zero-order chi connectivity index (χ0) is 10.5. The lowest BCUT2D eigenvalue weighted by atomic mass is 10.1. The topological polar surface area (TPSA) is 52.0 Å². The summed E-state index contributed by atoms with van der Waals surface area (Å²) in [4.78, 5) is 0. The normalized spacial score (nSPS) is 21.0. The average molecular weight is 210 g/mol. The summed E-state index contributed by atoms with van der Waals surface area (Å²) in [6.07, 6.45) is 3.86. The molecule has 1 aromatic heterocycles. The zero-order valence-electron chi connectivity index (χ0n) is 9.15. The second-order valence-corrected chi connectivity index (χ2v) is 4.04. The van der Waals surface area contributed by atoms with Crippen LogP contribution in [0.25, 0.3) is 0 Å². The first-order chi connectivity index (χ1) is 7.36.